The molecule has 1 aliphatic rings. The highest BCUT2D eigenvalue weighted by Crippen LogP contribution is 2.35. The van der Waals surface area contributed by atoms with E-state index in [1.165, 1.54) is 12.1 Å². The lowest BCUT2D eigenvalue weighted by molar-refractivity contribution is 0.0966. The van der Waals surface area contributed by atoms with Gasteiger partial charge in [0.25, 0.3) is 5.91 Å². The van der Waals surface area contributed by atoms with Crippen LogP contribution in [0.15, 0.2) is 41.8 Å². The zero-order valence-electron chi connectivity index (χ0n) is 13.5. The van der Waals surface area contributed by atoms with E-state index in [0.29, 0.717) is 24.5 Å². The number of carbonyl (C=O) groups is 1. The summed E-state index contributed by atoms with van der Waals surface area (Å²) < 4.78 is 19.3. The summed E-state index contributed by atoms with van der Waals surface area (Å²) in [5.74, 6) is 0.263. The molecule has 3 aromatic rings. The van der Waals surface area contributed by atoms with E-state index in [9.17, 15) is 9.18 Å². The Kier molecular flexibility index (Phi) is 3.97. The molecule has 1 aliphatic heterocycles. The molecule has 1 amide bonds. The Morgan fingerprint density at radius 3 is 2.76 bits per heavy atom. The molecule has 0 spiro atoms. The van der Waals surface area contributed by atoms with Crippen molar-refractivity contribution in [2.24, 2.45) is 0 Å². The third-order valence-electron chi connectivity index (χ3n) is 4.06. The molecule has 126 valence electrons. The average Bonchev–Trinajstić information content (AvgIpc) is 3.19. The molecular weight excluding hydrogens is 339 g/mol. The Morgan fingerprint density at radius 2 is 2.04 bits per heavy atom. The highest BCUT2D eigenvalue weighted by atomic mass is 32.1. The van der Waals surface area contributed by atoms with Gasteiger partial charge >= 0.3 is 0 Å². The third-order valence-corrected chi connectivity index (χ3v) is 5.00. The number of ether oxygens (including phenoxy) is 1. The molecule has 4 rings (SSSR count). The van der Waals surface area contributed by atoms with Crippen LogP contribution in [0.25, 0.3) is 11.1 Å². The molecule has 0 unspecified atom stereocenters. The fourth-order valence-electron chi connectivity index (χ4n) is 2.83. The van der Waals surface area contributed by atoms with E-state index in [0.717, 1.165) is 27.4 Å². The third kappa shape index (κ3) is 3.13. The monoisotopic (exact) mass is 354 g/mol. The van der Waals surface area contributed by atoms with Crippen molar-refractivity contribution in [3.05, 3.63) is 69.4 Å². The predicted octanol–water partition coefficient (Wildman–Crippen LogP) is 4.08. The zero-order chi connectivity index (χ0) is 17.4. The van der Waals surface area contributed by atoms with Gasteiger partial charge in [0.2, 0.25) is 0 Å². The number of nitrogens with zero attached hydrogens (tertiary/aromatic N) is 1. The zero-order valence-corrected chi connectivity index (χ0v) is 14.3. The van der Waals surface area contributed by atoms with E-state index in [4.69, 9.17) is 4.74 Å². The summed E-state index contributed by atoms with van der Waals surface area (Å²) in [6, 6.07) is 9.86. The van der Waals surface area contributed by atoms with Crippen LogP contribution in [0.3, 0.4) is 0 Å². The van der Waals surface area contributed by atoms with E-state index in [1.54, 1.807) is 23.5 Å². The van der Waals surface area contributed by atoms with E-state index in [1.807, 2.05) is 24.4 Å². The number of amides is 1. The Morgan fingerprint density at radius 1 is 1.24 bits per heavy atom. The summed E-state index contributed by atoms with van der Waals surface area (Å²) in [7, 11) is 0. The molecule has 0 saturated carbocycles. The highest BCUT2D eigenvalue weighted by Gasteiger charge is 2.22. The Balaban J connectivity index is 1.73. The van der Waals surface area contributed by atoms with Gasteiger partial charge in [0.15, 0.2) is 0 Å². The molecule has 6 heteroatoms. The minimum Gasteiger partial charge on any atom is -0.486 e. The van der Waals surface area contributed by atoms with Gasteiger partial charge in [-0.05, 0) is 42.3 Å². The summed E-state index contributed by atoms with van der Waals surface area (Å²) in [6.07, 6.45) is 0. The maximum atomic E-state index is 13.3. The summed E-state index contributed by atoms with van der Waals surface area (Å²) in [5, 5.41) is 5.68. The minimum atomic E-state index is -0.302. The van der Waals surface area contributed by atoms with Crippen molar-refractivity contribution >= 4 is 17.2 Å². The quantitative estimate of drug-likeness (QED) is 0.768. The van der Waals surface area contributed by atoms with Crippen LogP contribution in [-0.4, -0.2) is 10.9 Å². The first-order chi connectivity index (χ1) is 12.1. The maximum absolute atomic E-state index is 13.3. The number of thiazole rings is 1. The Bertz CT molecular complexity index is 951. The second kappa shape index (κ2) is 6.29. The molecule has 0 atom stereocenters. The topological polar surface area (TPSA) is 51.2 Å². The van der Waals surface area contributed by atoms with Crippen molar-refractivity contribution in [2.75, 3.05) is 0 Å². The van der Waals surface area contributed by atoms with Gasteiger partial charge in [-0.1, -0.05) is 12.1 Å². The molecule has 0 radical (unpaired) electrons. The lowest BCUT2D eigenvalue weighted by Gasteiger charge is -2.13. The van der Waals surface area contributed by atoms with Gasteiger partial charge in [0, 0.05) is 28.7 Å². The lowest BCUT2D eigenvalue weighted by atomic mass is 9.99. The van der Waals surface area contributed by atoms with Crippen molar-refractivity contribution in [3.63, 3.8) is 0 Å². The molecule has 4 nitrogen and oxygen atoms in total. The van der Waals surface area contributed by atoms with Gasteiger partial charge in [-0.25, -0.2) is 9.37 Å². The number of carbonyl (C=O) groups excluding carboxylic acids is 1. The van der Waals surface area contributed by atoms with E-state index in [-0.39, 0.29) is 11.7 Å². The number of hydrogen-bond donors (Lipinski definition) is 1. The summed E-state index contributed by atoms with van der Waals surface area (Å²) >= 11 is 1.55. The molecule has 0 aliphatic carbocycles. The fraction of sp³-hybridized carbons (Fsp3) is 0.158. The van der Waals surface area contributed by atoms with E-state index < -0.39 is 0 Å². The van der Waals surface area contributed by atoms with Crippen LogP contribution in [-0.2, 0) is 13.2 Å². The molecule has 2 heterocycles. The van der Waals surface area contributed by atoms with Crippen LogP contribution in [0.5, 0.6) is 5.75 Å². The second-order valence-electron chi connectivity index (χ2n) is 5.87. The maximum Gasteiger partial charge on any atom is 0.251 e. The average molecular weight is 354 g/mol. The molecule has 0 bridgehead atoms. The largest absolute Gasteiger partial charge is 0.486 e. The first kappa shape index (κ1) is 15.8. The van der Waals surface area contributed by atoms with Gasteiger partial charge in [-0.3, -0.25) is 4.79 Å². The molecule has 25 heavy (non-hydrogen) atoms. The van der Waals surface area contributed by atoms with Crippen molar-refractivity contribution in [3.8, 4) is 16.9 Å². The molecular formula is C19H15FN2O2S. The second-order valence-corrected chi connectivity index (χ2v) is 6.81. The van der Waals surface area contributed by atoms with Gasteiger partial charge in [0.1, 0.15) is 23.2 Å². The molecule has 0 saturated heterocycles. The summed E-state index contributed by atoms with van der Waals surface area (Å²) in [6.45, 7) is 2.79. The number of hydrogen-bond acceptors (Lipinski definition) is 4. The standard InChI is InChI=1S/C19H15FN2O2S/c1-11-10-25-18(22-11)9-24-17-6-13-8-21-19(23)16(13)7-15(17)12-2-4-14(20)5-3-12/h2-7,10H,8-9H2,1H3,(H,21,23). The number of aryl methyl sites for hydroxylation is 1. The number of benzene rings is 2. The van der Waals surface area contributed by atoms with Crippen LogP contribution in [0.4, 0.5) is 4.39 Å². The van der Waals surface area contributed by atoms with Gasteiger partial charge in [-0.15, -0.1) is 11.3 Å². The molecule has 1 N–H and O–H groups in total. The summed E-state index contributed by atoms with van der Waals surface area (Å²) in [5.41, 5.74) is 4.07. The predicted molar refractivity (Wildman–Crippen MR) is 94.2 cm³/mol. The lowest BCUT2D eigenvalue weighted by Crippen LogP contribution is -2.12. The molecule has 2 aromatic carbocycles. The Hall–Kier alpha value is -2.73. The van der Waals surface area contributed by atoms with Crippen LogP contribution in [0, 0.1) is 12.7 Å². The first-order valence-electron chi connectivity index (χ1n) is 7.85. The van der Waals surface area contributed by atoms with Crippen molar-refractivity contribution < 1.29 is 13.9 Å². The van der Waals surface area contributed by atoms with E-state index in [2.05, 4.69) is 10.3 Å². The fourth-order valence-corrected chi connectivity index (χ4v) is 3.52. The summed E-state index contributed by atoms with van der Waals surface area (Å²) in [4.78, 5) is 16.4. The van der Waals surface area contributed by atoms with E-state index >= 15 is 0 Å². The smallest absolute Gasteiger partial charge is 0.251 e. The minimum absolute atomic E-state index is 0.0968. The highest BCUT2D eigenvalue weighted by molar-refractivity contribution is 7.09. The Labute approximate surface area is 148 Å². The number of fused-ring (bicyclic) bond motifs is 1. The van der Waals surface area contributed by atoms with Gasteiger partial charge < -0.3 is 10.1 Å². The van der Waals surface area contributed by atoms with Crippen LogP contribution in [0.2, 0.25) is 0 Å². The SMILES string of the molecule is Cc1csc(COc2cc3c(cc2-c2ccc(F)cc2)C(=O)NC3)n1. The van der Waals surface area contributed by atoms with Gasteiger partial charge in [-0.2, -0.15) is 0 Å². The van der Waals surface area contributed by atoms with Gasteiger partial charge in [0.05, 0.1) is 0 Å². The van der Waals surface area contributed by atoms with Crippen LogP contribution in [0.1, 0.15) is 26.6 Å². The van der Waals surface area contributed by atoms with Crippen LogP contribution < -0.4 is 10.1 Å². The van der Waals surface area contributed by atoms with Crippen molar-refractivity contribution in [1.82, 2.24) is 10.3 Å². The first-order valence-corrected chi connectivity index (χ1v) is 8.73. The number of halogens is 1. The number of rotatable bonds is 4. The van der Waals surface area contributed by atoms with Crippen molar-refractivity contribution in [1.29, 1.82) is 0 Å². The normalized spacial score (nSPS) is 12.8. The number of nitrogens with one attached hydrogen (secondary N) is 1. The molecule has 1 aromatic heterocycles. The van der Waals surface area contributed by atoms with Crippen LogP contribution >= 0.6 is 11.3 Å². The van der Waals surface area contributed by atoms with Crippen molar-refractivity contribution in [2.45, 2.75) is 20.1 Å². The number of aromatic nitrogens is 1. The molecule has 0 fully saturated rings.